The molecule has 1 aliphatic rings. The van der Waals surface area contributed by atoms with Gasteiger partial charge in [-0.15, -0.1) is 0 Å². The van der Waals surface area contributed by atoms with Gasteiger partial charge in [0, 0.05) is 27.8 Å². The fourth-order valence-corrected chi connectivity index (χ4v) is 3.74. The molecule has 3 nitrogen and oxygen atoms in total. The van der Waals surface area contributed by atoms with Crippen LogP contribution in [0.2, 0.25) is 0 Å². The average molecular weight is 362 g/mol. The second-order valence-corrected chi connectivity index (χ2v) is 7.43. The van der Waals surface area contributed by atoms with Crippen molar-refractivity contribution >= 4 is 15.9 Å². The van der Waals surface area contributed by atoms with E-state index in [1.807, 2.05) is 6.20 Å². The Morgan fingerprint density at radius 2 is 1.91 bits per heavy atom. The Balaban J connectivity index is 1.72. The zero-order valence-corrected chi connectivity index (χ0v) is 14.7. The monoisotopic (exact) mass is 361 g/mol. The maximum Gasteiger partial charge on any atom is 0.0535 e. The summed E-state index contributed by atoms with van der Waals surface area (Å²) < 4.78 is 1.15. The first-order valence-electron chi connectivity index (χ1n) is 8.15. The highest BCUT2D eigenvalue weighted by Crippen LogP contribution is 2.32. The van der Waals surface area contributed by atoms with E-state index < -0.39 is 0 Å². The van der Waals surface area contributed by atoms with Crippen molar-refractivity contribution in [3.63, 3.8) is 0 Å². The molecule has 1 heterocycles. The second-order valence-electron chi connectivity index (χ2n) is 6.52. The van der Waals surface area contributed by atoms with Crippen LogP contribution >= 0.6 is 15.9 Å². The summed E-state index contributed by atoms with van der Waals surface area (Å²) in [6.45, 7) is 2.99. The fraction of sp³-hybridized carbons (Fsp3) is 0.500. The Hall–Kier alpha value is -1.13. The minimum absolute atomic E-state index is 0.232. The van der Waals surface area contributed by atoms with Crippen molar-refractivity contribution in [1.29, 1.82) is 0 Å². The number of aromatic nitrogens is 2. The summed E-state index contributed by atoms with van der Waals surface area (Å²) in [5.74, 6) is 0. The van der Waals surface area contributed by atoms with Crippen LogP contribution in [0.4, 0.5) is 0 Å². The van der Waals surface area contributed by atoms with Crippen LogP contribution in [0.3, 0.4) is 0 Å². The minimum atomic E-state index is 0.232. The minimum Gasteiger partial charge on any atom is -0.307 e. The van der Waals surface area contributed by atoms with E-state index in [1.54, 1.807) is 0 Å². The number of hydrogen-bond acceptors (Lipinski definition) is 2. The fourth-order valence-electron chi connectivity index (χ4n) is 3.47. The summed E-state index contributed by atoms with van der Waals surface area (Å²) in [4.78, 5) is 0. The molecule has 3 rings (SSSR count). The summed E-state index contributed by atoms with van der Waals surface area (Å²) in [6, 6.07) is 8.77. The van der Waals surface area contributed by atoms with Crippen molar-refractivity contribution in [3.8, 4) is 0 Å². The van der Waals surface area contributed by atoms with Gasteiger partial charge < -0.3 is 5.32 Å². The maximum absolute atomic E-state index is 4.13. The smallest absolute Gasteiger partial charge is 0.0535 e. The highest BCUT2D eigenvalue weighted by atomic mass is 79.9. The molecule has 0 bridgehead atoms. The first-order chi connectivity index (χ1) is 10.7. The molecule has 2 aromatic rings. The zero-order valence-electron chi connectivity index (χ0n) is 13.2. The third-order valence-corrected chi connectivity index (χ3v) is 5.38. The van der Waals surface area contributed by atoms with Crippen LogP contribution in [-0.2, 0) is 13.0 Å². The van der Waals surface area contributed by atoms with E-state index in [0.29, 0.717) is 0 Å². The molecule has 4 heteroatoms. The first kappa shape index (κ1) is 15.8. The van der Waals surface area contributed by atoms with Crippen LogP contribution in [0, 0.1) is 6.92 Å². The molecule has 1 aromatic heterocycles. The Labute approximate surface area is 141 Å². The molecule has 1 saturated carbocycles. The Bertz CT molecular complexity index is 597. The zero-order chi connectivity index (χ0) is 15.4. The van der Waals surface area contributed by atoms with Gasteiger partial charge in [-0.1, -0.05) is 47.3 Å². The molecule has 1 aliphatic carbocycles. The van der Waals surface area contributed by atoms with Crippen molar-refractivity contribution in [3.05, 3.63) is 51.8 Å². The van der Waals surface area contributed by atoms with Crippen molar-refractivity contribution < 1.29 is 0 Å². The van der Waals surface area contributed by atoms with Crippen LogP contribution in [-0.4, -0.2) is 15.7 Å². The molecule has 0 radical (unpaired) electrons. The molecule has 2 N–H and O–H groups in total. The van der Waals surface area contributed by atoms with E-state index in [0.717, 1.165) is 17.4 Å². The number of aromatic amines is 1. The van der Waals surface area contributed by atoms with Gasteiger partial charge in [0.2, 0.25) is 0 Å². The van der Waals surface area contributed by atoms with Gasteiger partial charge in [0.1, 0.15) is 0 Å². The highest BCUT2D eigenvalue weighted by Gasteiger charge is 2.31. The Kier molecular flexibility index (Phi) is 4.99. The van der Waals surface area contributed by atoms with Crippen molar-refractivity contribution in [2.75, 3.05) is 0 Å². The summed E-state index contributed by atoms with van der Waals surface area (Å²) in [5, 5.41) is 11.0. The second kappa shape index (κ2) is 6.97. The van der Waals surface area contributed by atoms with E-state index in [9.17, 15) is 0 Å². The van der Waals surface area contributed by atoms with E-state index in [4.69, 9.17) is 0 Å². The van der Waals surface area contributed by atoms with Gasteiger partial charge in [0.05, 0.1) is 6.20 Å². The SMILES string of the molecule is Cc1[nH]ncc1CNC1(Cc2ccc(Br)cc2)CCCCC1. The molecule has 0 atom stereocenters. The van der Waals surface area contributed by atoms with Gasteiger partial charge in [-0.3, -0.25) is 5.10 Å². The number of benzene rings is 1. The van der Waals surface area contributed by atoms with Crippen molar-refractivity contribution in [2.45, 2.75) is 57.5 Å². The molecule has 1 fully saturated rings. The van der Waals surface area contributed by atoms with Crippen LogP contribution in [0.15, 0.2) is 34.9 Å². The van der Waals surface area contributed by atoms with E-state index in [-0.39, 0.29) is 5.54 Å². The maximum atomic E-state index is 4.13. The van der Waals surface area contributed by atoms with Crippen LogP contribution < -0.4 is 5.32 Å². The van der Waals surface area contributed by atoms with Gasteiger partial charge in [-0.25, -0.2) is 0 Å². The summed E-state index contributed by atoms with van der Waals surface area (Å²) in [7, 11) is 0. The highest BCUT2D eigenvalue weighted by molar-refractivity contribution is 9.10. The first-order valence-corrected chi connectivity index (χ1v) is 8.95. The normalized spacial score (nSPS) is 17.5. The number of hydrogen-bond donors (Lipinski definition) is 2. The predicted octanol–water partition coefficient (Wildman–Crippen LogP) is 4.52. The predicted molar refractivity (Wildman–Crippen MR) is 93.8 cm³/mol. The summed E-state index contributed by atoms with van der Waals surface area (Å²) in [6.07, 6.45) is 9.60. The molecule has 0 amide bonds. The van der Waals surface area contributed by atoms with Crippen molar-refractivity contribution in [1.82, 2.24) is 15.5 Å². The van der Waals surface area contributed by atoms with Crippen molar-refractivity contribution in [2.24, 2.45) is 0 Å². The lowest BCUT2D eigenvalue weighted by Crippen LogP contribution is -2.48. The molecule has 118 valence electrons. The molecular formula is C18H24BrN3. The van der Waals surface area contributed by atoms with Gasteiger partial charge >= 0.3 is 0 Å². The molecule has 0 saturated heterocycles. The lowest BCUT2D eigenvalue weighted by molar-refractivity contribution is 0.227. The number of rotatable bonds is 5. The van der Waals surface area contributed by atoms with E-state index in [1.165, 1.54) is 48.9 Å². The number of nitrogens with one attached hydrogen (secondary N) is 2. The number of nitrogens with zero attached hydrogens (tertiary/aromatic N) is 1. The standard InChI is InChI=1S/C18H24BrN3/c1-14-16(13-21-22-14)12-20-18(9-3-2-4-10-18)11-15-5-7-17(19)8-6-15/h5-8,13,20H,2-4,9-12H2,1H3,(H,21,22). The number of halogens is 1. The molecule has 22 heavy (non-hydrogen) atoms. The molecule has 0 unspecified atom stereocenters. The topological polar surface area (TPSA) is 40.7 Å². The number of aryl methyl sites for hydroxylation is 1. The Morgan fingerprint density at radius 1 is 1.18 bits per heavy atom. The van der Waals surface area contributed by atoms with E-state index >= 15 is 0 Å². The quantitative estimate of drug-likeness (QED) is 0.821. The van der Waals surface area contributed by atoms with Crippen LogP contribution in [0.5, 0.6) is 0 Å². The summed E-state index contributed by atoms with van der Waals surface area (Å²) >= 11 is 3.52. The van der Waals surface area contributed by atoms with Gasteiger partial charge in [0.15, 0.2) is 0 Å². The summed E-state index contributed by atoms with van der Waals surface area (Å²) in [5.41, 5.74) is 4.10. The van der Waals surface area contributed by atoms with Crippen LogP contribution in [0.25, 0.3) is 0 Å². The lowest BCUT2D eigenvalue weighted by atomic mass is 9.77. The largest absolute Gasteiger partial charge is 0.307 e. The lowest BCUT2D eigenvalue weighted by Gasteiger charge is -2.39. The Morgan fingerprint density at radius 3 is 2.55 bits per heavy atom. The van der Waals surface area contributed by atoms with Gasteiger partial charge in [-0.2, -0.15) is 5.10 Å². The van der Waals surface area contributed by atoms with E-state index in [2.05, 4.69) is 62.6 Å². The molecule has 0 spiro atoms. The van der Waals surface area contributed by atoms with Gasteiger partial charge in [-0.05, 0) is 43.9 Å². The van der Waals surface area contributed by atoms with Crippen LogP contribution in [0.1, 0.15) is 48.9 Å². The molecule has 0 aliphatic heterocycles. The third-order valence-electron chi connectivity index (χ3n) is 4.85. The average Bonchev–Trinajstić information content (AvgIpc) is 2.94. The van der Waals surface area contributed by atoms with Gasteiger partial charge in [0.25, 0.3) is 0 Å². The molecule has 1 aromatic carbocycles. The third kappa shape index (κ3) is 3.79. The molecular weight excluding hydrogens is 338 g/mol. The number of H-pyrrole nitrogens is 1.